The Hall–Kier alpha value is -3.74. The van der Waals surface area contributed by atoms with E-state index >= 15 is 0 Å². The van der Waals surface area contributed by atoms with Crippen LogP contribution >= 0.6 is 0 Å². The number of carbonyl (C=O) groups excluding carboxylic acids is 2. The van der Waals surface area contributed by atoms with Gasteiger partial charge in [-0.2, -0.15) is 0 Å². The molecule has 0 saturated carbocycles. The van der Waals surface area contributed by atoms with Crippen molar-refractivity contribution in [3.05, 3.63) is 120 Å². The maximum atomic E-state index is 12.7. The van der Waals surface area contributed by atoms with Crippen molar-refractivity contribution in [2.75, 3.05) is 20.3 Å². The van der Waals surface area contributed by atoms with Crippen LogP contribution in [0.1, 0.15) is 50.9 Å². The van der Waals surface area contributed by atoms with E-state index in [-0.39, 0.29) is 23.6 Å². The molecule has 0 amide bonds. The van der Waals surface area contributed by atoms with E-state index in [1.54, 1.807) is 24.3 Å². The van der Waals surface area contributed by atoms with Crippen LogP contribution in [-0.2, 0) is 18.7 Å². The lowest BCUT2D eigenvalue weighted by molar-refractivity contribution is -0.136. The standard InChI is InChI=1S/C34H40O5Si/c1-6-27(26-38-33(36)28-16-10-7-11-17-28)22-23-29(32(35)37-5)24-25-39-40(34(2,3)4,30-18-12-8-13-19-30)31-20-14-9-15-21-31/h6-21,23H,22,24-26H2,1-5H3/b27-6-,29-23-. The quantitative estimate of drug-likeness (QED) is 0.114. The van der Waals surface area contributed by atoms with Crippen LogP contribution in [0.5, 0.6) is 0 Å². The molecule has 0 atom stereocenters. The highest BCUT2D eigenvalue weighted by Gasteiger charge is 2.50. The molecular formula is C34H40O5Si. The molecule has 0 radical (unpaired) electrons. The Kier molecular flexibility index (Phi) is 11.2. The van der Waals surface area contributed by atoms with Gasteiger partial charge in [-0.25, -0.2) is 9.59 Å². The fourth-order valence-electron chi connectivity index (χ4n) is 4.82. The molecule has 0 aliphatic carbocycles. The molecule has 0 heterocycles. The van der Waals surface area contributed by atoms with Crippen molar-refractivity contribution in [3.8, 4) is 0 Å². The molecule has 0 fully saturated rings. The number of allylic oxidation sites excluding steroid dienone is 2. The van der Waals surface area contributed by atoms with Crippen LogP contribution in [0.4, 0.5) is 0 Å². The van der Waals surface area contributed by atoms with Crippen LogP contribution < -0.4 is 10.4 Å². The molecule has 210 valence electrons. The maximum Gasteiger partial charge on any atom is 0.338 e. The summed E-state index contributed by atoms with van der Waals surface area (Å²) >= 11 is 0. The third kappa shape index (κ3) is 7.68. The van der Waals surface area contributed by atoms with E-state index in [2.05, 4.69) is 69.3 Å². The number of benzene rings is 3. The highest BCUT2D eigenvalue weighted by atomic mass is 28.4. The molecule has 3 rings (SSSR count). The average molecular weight is 557 g/mol. The van der Waals surface area contributed by atoms with Gasteiger partial charge in [0, 0.05) is 18.6 Å². The maximum absolute atomic E-state index is 12.7. The molecular weight excluding hydrogens is 516 g/mol. The van der Waals surface area contributed by atoms with Crippen molar-refractivity contribution in [3.63, 3.8) is 0 Å². The SMILES string of the molecule is C/C=C(/C/C=C(/CCO[Si](c1ccccc1)(c1ccccc1)C(C)(C)C)C(=O)OC)COC(=O)c1ccccc1. The minimum atomic E-state index is -2.72. The molecule has 0 N–H and O–H groups in total. The molecule has 0 aliphatic heterocycles. The first-order valence-electron chi connectivity index (χ1n) is 13.6. The zero-order valence-electron chi connectivity index (χ0n) is 24.2. The average Bonchev–Trinajstić information content (AvgIpc) is 2.98. The van der Waals surface area contributed by atoms with E-state index in [0.29, 0.717) is 30.6 Å². The minimum absolute atomic E-state index is 0.147. The van der Waals surface area contributed by atoms with Gasteiger partial charge < -0.3 is 13.9 Å². The van der Waals surface area contributed by atoms with Gasteiger partial charge in [0.15, 0.2) is 0 Å². The van der Waals surface area contributed by atoms with Crippen molar-refractivity contribution in [2.45, 2.75) is 45.6 Å². The van der Waals surface area contributed by atoms with Crippen LogP contribution in [0.25, 0.3) is 0 Å². The van der Waals surface area contributed by atoms with E-state index in [1.807, 2.05) is 37.3 Å². The van der Waals surface area contributed by atoms with Crippen LogP contribution in [0, 0.1) is 0 Å². The summed E-state index contributed by atoms with van der Waals surface area (Å²) in [6, 6.07) is 29.7. The summed E-state index contributed by atoms with van der Waals surface area (Å²) in [6.07, 6.45) is 4.62. The zero-order valence-corrected chi connectivity index (χ0v) is 25.2. The molecule has 0 spiro atoms. The lowest BCUT2D eigenvalue weighted by Gasteiger charge is -2.43. The minimum Gasteiger partial charge on any atom is -0.466 e. The Morgan fingerprint density at radius 2 is 1.35 bits per heavy atom. The van der Waals surface area contributed by atoms with Crippen molar-refractivity contribution >= 4 is 30.6 Å². The number of hydrogen-bond donors (Lipinski definition) is 0. The smallest absolute Gasteiger partial charge is 0.338 e. The second-order valence-corrected chi connectivity index (χ2v) is 14.9. The van der Waals surface area contributed by atoms with Gasteiger partial charge in [0.1, 0.15) is 6.61 Å². The number of rotatable bonds is 12. The highest BCUT2D eigenvalue weighted by molar-refractivity contribution is 6.99. The van der Waals surface area contributed by atoms with Gasteiger partial charge in [-0.15, -0.1) is 0 Å². The first-order chi connectivity index (χ1) is 19.2. The van der Waals surface area contributed by atoms with Crippen molar-refractivity contribution in [2.24, 2.45) is 0 Å². The summed E-state index contributed by atoms with van der Waals surface area (Å²) in [4.78, 5) is 25.1. The Morgan fingerprint density at radius 1 is 0.825 bits per heavy atom. The van der Waals surface area contributed by atoms with Gasteiger partial charge in [-0.3, -0.25) is 0 Å². The molecule has 0 saturated heterocycles. The predicted octanol–water partition coefficient (Wildman–Crippen LogP) is 6.25. The van der Waals surface area contributed by atoms with E-state index < -0.39 is 8.32 Å². The normalized spacial score (nSPS) is 12.6. The Balaban J connectivity index is 1.78. The van der Waals surface area contributed by atoms with Gasteiger partial charge in [0.25, 0.3) is 8.32 Å². The highest BCUT2D eigenvalue weighted by Crippen LogP contribution is 2.37. The molecule has 0 aromatic heterocycles. The fourth-order valence-corrected chi connectivity index (χ4v) is 9.39. The van der Waals surface area contributed by atoms with Crippen molar-refractivity contribution in [1.82, 2.24) is 0 Å². The third-order valence-electron chi connectivity index (χ3n) is 6.97. The summed E-state index contributed by atoms with van der Waals surface area (Å²) in [5.41, 5.74) is 1.93. The number of esters is 2. The fraction of sp³-hybridized carbons (Fsp3) is 0.294. The molecule has 0 aliphatic rings. The molecule has 0 unspecified atom stereocenters. The Labute approximate surface area is 239 Å². The van der Waals surface area contributed by atoms with Crippen LogP contribution in [0.15, 0.2) is 114 Å². The second-order valence-electron chi connectivity index (χ2n) is 10.6. The van der Waals surface area contributed by atoms with Crippen LogP contribution in [0.3, 0.4) is 0 Å². The second kappa shape index (κ2) is 14.6. The van der Waals surface area contributed by atoms with Crippen LogP contribution in [0.2, 0.25) is 5.04 Å². The summed E-state index contributed by atoms with van der Waals surface area (Å²) in [5.74, 6) is -0.765. The zero-order chi connectivity index (χ0) is 29.0. The van der Waals surface area contributed by atoms with Crippen molar-refractivity contribution < 1.29 is 23.5 Å². The predicted molar refractivity (Wildman–Crippen MR) is 163 cm³/mol. The lowest BCUT2D eigenvalue weighted by atomic mass is 10.1. The molecule has 6 heteroatoms. The van der Waals surface area contributed by atoms with Gasteiger partial charge in [0.05, 0.1) is 12.7 Å². The van der Waals surface area contributed by atoms with Gasteiger partial charge >= 0.3 is 11.9 Å². The third-order valence-corrected chi connectivity index (χ3v) is 12.0. The van der Waals surface area contributed by atoms with E-state index in [9.17, 15) is 9.59 Å². The monoisotopic (exact) mass is 556 g/mol. The Morgan fingerprint density at radius 3 is 1.82 bits per heavy atom. The van der Waals surface area contributed by atoms with Crippen LogP contribution in [-0.4, -0.2) is 40.6 Å². The first kappa shape index (κ1) is 30.8. The number of carbonyl (C=O) groups is 2. The van der Waals surface area contributed by atoms with E-state index in [4.69, 9.17) is 13.9 Å². The molecule has 3 aromatic rings. The van der Waals surface area contributed by atoms with Crippen molar-refractivity contribution in [1.29, 1.82) is 0 Å². The van der Waals surface area contributed by atoms with E-state index in [0.717, 1.165) is 5.57 Å². The number of ether oxygens (including phenoxy) is 2. The summed E-state index contributed by atoms with van der Waals surface area (Å²) in [6.45, 7) is 9.08. The first-order valence-corrected chi connectivity index (χ1v) is 15.5. The number of methoxy groups -OCH3 is 1. The number of hydrogen-bond acceptors (Lipinski definition) is 5. The largest absolute Gasteiger partial charge is 0.466 e. The summed E-state index contributed by atoms with van der Waals surface area (Å²) in [7, 11) is -1.33. The van der Waals surface area contributed by atoms with Gasteiger partial charge in [-0.1, -0.05) is 112 Å². The van der Waals surface area contributed by atoms with Gasteiger partial charge in [-0.05, 0) is 46.5 Å². The van der Waals surface area contributed by atoms with E-state index in [1.165, 1.54) is 17.5 Å². The summed E-state index contributed by atoms with van der Waals surface area (Å²) < 4.78 is 17.5. The molecule has 40 heavy (non-hydrogen) atoms. The summed E-state index contributed by atoms with van der Waals surface area (Å²) in [5, 5.41) is 2.22. The molecule has 0 bridgehead atoms. The lowest BCUT2D eigenvalue weighted by Crippen LogP contribution is -2.66. The topological polar surface area (TPSA) is 61.8 Å². The molecule has 5 nitrogen and oxygen atoms in total. The van der Waals surface area contributed by atoms with Gasteiger partial charge in [0.2, 0.25) is 0 Å². The Bertz CT molecular complexity index is 1250. The molecule has 3 aromatic carbocycles.